The third-order valence-electron chi connectivity index (χ3n) is 1.99. The van der Waals surface area contributed by atoms with Gasteiger partial charge in [-0.1, -0.05) is 30.3 Å². The first-order valence-corrected chi connectivity index (χ1v) is 4.58. The summed E-state index contributed by atoms with van der Waals surface area (Å²) in [6.45, 7) is 5.08. The van der Waals surface area contributed by atoms with Gasteiger partial charge in [-0.05, 0) is 19.4 Å². The zero-order valence-corrected chi connectivity index (χ0v) is 8.53. The summed E-state index contributed by atoms with van der Waals surface area (Å²) >= 11 is 0. The van der Waals surface area contributed by atoms with E-state index in [1.54, 1.807) is 7.11 Å². The Morgan fingerprint density at radius 1 is 1.23 bits per heavy atom. The van der Waals surface area contributed by atoms with Crippen molar-refractivity contribution >= 4 is 0 Å². The van der Waals surface area contributed by atoms with Crippen LogP contribution in [0, 0.1) is 0 Å². The highest BCUT2D eigenvalue weighted by Crippen LogP contribution is 2.07. The van der Waals surface area contributed by atoms with E-state index in [4.69, 9.17) is 4.84 Å². The Hall–Kier alpha value is -0.860. The van der Waals surface area contributed by atoms with Crippen molar-refractivity contribution in [1.29, 1.82) is 0 Å². The third kappa shape index (κ3) is 3.17. The van der Waals surface area contributed by atoms with E-state index in [9.17, 15) is 0 Å². The van der Waals surface area contributed by atoms with Crippen molar-refractivity contribution < 1.29 is 4.84 Å². The maximum atomic E-state index is 5.25. The first kappa shape index (κ1) is 10.2. The normalized spacial score (nSPS) is 11.2. The molecule has 72 valence electrons. The number of hydroxylamine groups is 2. The molecular weight excluding hydrogens is 162 g/mol. The van der Waals surface area contributed by atoms with E-state index < -0.39 is 0 Å². The minimum atomic E-state index is 0.408. The second-order valence-electron chi connectivity index (χ2n) is 3.34. The molecule has 2 nitrogen and oxygen atoms in total. The lowest BCUT2D eigenvalue weighted by Crippen LogP contribution is -2.29. The number of nitrogens with zero attached hydrogens (tertiary/aromatic N) is 1. The minimum Gasteiger partial charge on any atom is -0.302 e. The lowest BCUT2D eigenvalue weighted by molar-refractivity contribution is -0.161. The third-order valence-corrected chi connectivity index (χ3v) is 1.99. The summed E-state index contributed by atoms with van der Waals surface area (Å²) in [5.74, 6) is 0. The van der Waals surface area contributed by atoms with E-state index in [1.807, 2.05) is 23.3 Å². The predicted molar refractivity (Wildman–Crippen MR) is 54.1 cm³/mol. The Morgan fingerprint density at radius 3 is 2.31 bits per heavy atom. The highest BCUT2D eigenvalue weighted by atomic mass is 16.7. The largest absolute Gasteiger partial charge is 0.302 e. The minimum absolute atomic E-state index is 0.408. The molecular formula is C11H17NO. The van der Waals surface area contributed by atoms with Crippen molar-refractivity contribution in [2.75, 3.05) is 7.11 Å². The molecule has 1 rings (SSSR count). The van der Waals surface area contributed by atoms with Crippen LogP contribution in [0.1, 0.15) is 19.4 Å². The summed E-state index contributed by atoms with van der Waals surface area (Å²) < 4.78 is 0. The van der Waals surface area contributed by atoms with Gasteiger partial charge in [0.05, 0.1) is 7.11 Å². The molecule has 0 N–H and O–H groups in total. The van der Waals surface area contributed by atoms with Crippen LogP contribution in [0.4, 0.5) is 0 Å². The Morgan fingerprint density at radius 2 is 1.85 bits per heavy atom. The molecule has 0 heterocycles. The molecule has 0 aliphatic rings. The van der Waals surface area contributed by atoms with Gasteiger partial charge in [-0.15, -0.1) is 0 Å². The topological polar surface area (TPSA) is 12.5 Å². The SMILES string of the molecule is CON(Cc1ccccc1)C(C)C. The molecule has 0 unspecified atom stereocenters. The first-order valence-electron chi connectivity index (χ1n) is 4.58. The van der Waals surface area contributed by atoms with Crippen molar-refractivity contribution in [1.82, 2.24) is 5.06 Å². The molecule has 0 saturated carbocycles. The van der Waals surface area contributed by atoms with Crippen molar-refractivity contribution in [3.8, 4) is 0 Å². The van der Waals surface area contributed by atoms with Crippen molar-refractivity contribution in [2.24, 2.45) is 0 Å². The second kappa shape index (κ2) is 5.00. The smallest absolute Gasteiger partial charge is 0.0575 e. The number of hydrogen-bond acceptors (Lipinski definition) is 2. The number of benzene rings is 1. The maximum Gasteiger partial charge on any atom is 0.0575 e. The van der Waals surface area contributed by atoms with Crippen LogP contribution in [-0.4, -0.2) is 18.2 Å². The van der Waals surface area contributed by atoms with E-state index in [0.717, 1.165) is 6.54 Å². The van der Waals surface area contributed by atoms with Gasteiger partial charge in [-0.25, -0.2) is 0 Å². The highest BCUT2D eigenvalue weighted by Gasteiger charge is 2.07. The Balaban J connectivity index is 2.57. The van der Waals surface area contributed by atoms with Gasteiger partial charge in [-0.2, -0.15) is 5.06 Å². The van der Waals surface area contributed by atoms with Gasteiger partial charge in [0.25, 0.3) is 0 Å². The summed E-state index contributed by atoms with van der Waals surface area (Å²) in [7, 11) is 1.71. The predicted octanol–water partition coefficient (Wildman–Crippen LogP) is 2.46. The number of hydrogen-bond donors (Lipinski definition) is 0. The van der Waals surface area contributed by atoms with Gasteiger partial charge in [0, 0.05) is 12.6 Å². The van der Waals surface area contributed by atoms with Crippen LogP contribution in [0.3, 0.4) is 0 Å². The molecule has 2 heteroatoms. The summed E-state index contributed by atoms with van der Waals surface area (Å²) in [6, 6.07) is 10.7. The quantitative estimate of drug-likeness (QED) is 0.658. The van der Waals surface area contributed by atoms with Gasteiger partial charge < -0.3 is 4.84 Å². The molecule has 0 fully saturated rings. The molecule has 0 aliphatic carbocycles. The van der Waals surface area contributed by atoms with Crippen LogP contribution in [0.2, 0.25) is 0 Å². The molecule has 0 aliphatic heterocycles. The highest BCUT2D eigenvalue weighted by molar-refractivity contribution is 5.14. The molecule has 0 aromatic heterocycles. The molecule has 1 aromatic rings. The van der Waals surface area contributed by atoms with E-state index in [2.05, 4.69) is 26.0 Å². The molecule has 0 bridgehead atoms. The Bertz CT molecular complexity index is 233. The Kier molecular flexibility index (Phi) is 3.93. The molecule has 0 atom stereocenters. The van der Waals surface area contributed by atoms with Gasteiger partial charge in [0.1, 0.15) is 0 Å². The lowest BCUT2D eigenvalue weighted by atomic mass is 10.2. The Labute approximate surface area is 80.1 Å². The molecule has 0 spiro atoms. The van der Waals surface area contributed by atoms with E-state index >= 15 is 0 Å². The van der Waals surface area contributed by atoms with Crippen LogP contribution in [0.25, 0.3) is 0 Å². The molecule has 0 radical (unpaired) electrons. The average molecular weight is 179 g/mol. The molecule has 0 amide bonds. The van der Waals surface area contributed by atoms with Crippen LogP contribution in [0.5, 0.6) is 0 Å². The van der Waals surface area contributed by atoms with Gasteiger partial charge in [0.15, 0.2) is 0 Å². The molecule has 1 aromatic carbocycles. The summed E-state index contributed by atoms with van der Waals surface area (Å²) in [4.78, 5) is 5.25. The molecule has 13 heavy (non-hydrogen) atoms. The fourth-order valence-corrected chi connectivity index (χ4v) is 1.22. The lowest BCUT2D eigenvalue weighted by Gasteiger charge is -2.23. The summed E-state index contributed by atoms with van der Waals surface area (Å²) in [6.07, 6.45) is 0. The van der Waals surface area contributed by atoms with E-state index in [1.165, 1.54) is 5.56 Å². The summed E-state index contributed by atoms with van der Waals surface area (Å²) in [5, 5.41) is 1.95. The summed E-state index contributed by atoms with van der Waals surface area (Å²) in [5.41, 5.74) is 1.28. The maximum absolute atomic E-state index is 5.25. The van der Waals surface area contributed by atoms with E-state index in [0.29, 0.717) is 6.04 Å². The fourth-order valence-electron chi connectivity index (χ4n) is 1.22. The molecule has 0 saturated heterocycles. The van der Waals surface area contributed by atoms with Gasteiger partial charge in [-0.3, -0.25) is 0 Å². The zero-order valence-electron chi connectivity index (χ0n) is 8.53. The number of rotatable bonds is 4. The van der Waals surface area contributed by atoms with Crippen LogP contribution >= 0.6 is 0 Å². The van der Waals surface area contributed by atoms with Crippen molar-refractivity contribution in [3.05, 3.63) is 35.9 Å². The van der Waals surface area contributed by atoms with E-state index in [-0.39, 0.29) is 0 Å². The van der Waals surface area contributed by atoms with Crippen molar-refractivity contribution in [2.45, 2.75) is 26.4 Å². The zero-order chi connectivity index (χ0) is 9.68. The fraction of sp³-hybridized carbons (Fsp3) is 0.455. The van der Waals surface area contributed by atoms with Crippen LogP contribution in [0.15, 0.2) is 30.3 Å². The van der Waals surface area contributed by atoms with Crippen LogP contribution in [-0.2, 0) is 11.4 Å². The van der Waals surface area contributed by atoms with Gasteiger partial charge in [0.2, 0.25) is 0 Å². The monoisotopic (exact) mass is 179 g/mol. The van der Waals surface area contributed by atoms with Crippen LogP contribution < -0.4 is 0 Å². The standard InChI is InChI=1S/C11H17NO/c1-10(2)12(13-3)9-11-7-5-4-6-8-11/h4-8,10H,9H2,1-3H3. The average Bonchev–Trinajstić information content (AvgIpc) is 2.15. The van der Waals surface area contributed by atoms with Crippen molar-refractivity contribution in [3.63, 3.8) is 0 Å². The van der Waals surface area contributed by atoms with Gasteiger partial charge >= 0.3 is 0 Å². The first-order chi connectivity index (χ1) is 6.24. The second-order valence-corrected chi connectivity index (χ2v) is 3.34.